The highest BCUT2D eigenvalue weighted by Crippen LogP contribution is 2.33. The minimum Gasteiger partial charge on any atom is -0.508 e. The minimum atomic E-state index is -0.147. The van der Waals surface area contributed by atoms with Crippen LogP contribution in [0, 0.1) is 13.8 Å². The standard InChI is InChI=1S/C15H16N2O3/c1-8-12(15(19)17-9(2)16-8)6-11-5-10-3-4-20-14(10)7-13(11)18/h5,7,18H,3-4,6H2,1-2H3,(H,16,17,19). The Balaban J connectivity index is 2.02. The molecule has 5 nitrogen and oxygen atoms in total. The number of nitrogens with zero attached hydrogens (tertiary/aromatic N) is 1. The van der Waals surface area contributed by atoms with Gasteiger partial charge in [0.1, 0.15) is 17.3 Å². The lowest BCUT2D eigenvalue weighted by Gasteiger charge is -2.09. The molecule has 0 atom stereocenters. The first kappa shape index (κ1) is 12.7. The Bertz CT molecular complexity index is 735. The van der Waals surface area contributed by atoms with E-state index in [4.69, 9.17) is 4.74 Å². The van der Waals surface area contributed by atoms with Crippen LogP contribution in [0.4, 0.5) is 0 Å². The molecule has 2 N–H and O–H groups in total. The molecule has 0 amide bonds. The van der Waals surface area contributed by atoms with Gasteiger partial charge < -0.3 is 14.8 Å². The van der Waals surface area contributed by atoms with Gasteiger partial charge in [-0.15, -0.1) is 0 Å². The lowest BCUT2D eigenvalue weighted by molar-refractivity contribution is 0.354. The van der Waals surface area contributed by atoms with Crippen LogP contribution in [-0.2, 0) is 12.8 Å². The van der Waals surface area contributed by atoms with Crippen LogP contribution in [0.2, 0.25) is 0 Å². The summed E-state index contributed by atoms with van der Waals surface area (Å²) in [4.78, 5) is 19.0. The van der Waals surface area contributed by atoms with Crippen molar-refractivity contribution in [3.05, 3.63) is 50.7 Å². The van der Waals surface area contributed by atoms with Crippen LogP contribution in [0.3, 0.4) is 0 Å². The Hall–Kier alpha value is -2.30. The van der Waals surface area contributed by atoms with Crippen molar-refractivity contribution >= 4 is 0 Å². The summed E-state index contributed by atoms with van der Waals surface area (Å²) in [6.45, 7) is 4.21. The van der Waals surface area contributed by atoms with Crippen molar-refractivity contribution in [1.29, 1.82) is 0 Å². The maximum Gasteiger partial charge on any atom is 0.254 e. The number of hydrogen-bond acceptors (Lipinski definition) is 4. The molecule has 0 bridgehead atoms. The van der Waals surface area contributed by atoms with E-state index in [1.54, 1.807) is 13.0 Å². The molecule has 2 aromatic rings. The summed E-state index contributed by atoms with van der Waals surface area (Å²) in [5.41, 5.74) is 2.94. The molecule has 104 valence electrons. The van der Waals surface area contributed by atoms with Gasteiger partial charge in [-0.25, -0.2) is 4.98 Å². The molecule has 1 aliphatic rings. The van der Waals surface area contributed by atoms with Crippen LogP contribution in [0.15, 0.2) is 16.9 Å². The van der Waals surface area contributed by atoms with E-state index in [0.29, 0.717) is 30.1 Å². The van der Waals surface area contributed by atoms with Crippen LogP contribution in [0.25, 0.3) is 0 Å². The highest BCUT2D eigenvalue weighted by atomic mass is 16.5. The molecular formula is C15H16N2O3. The molecule has 0 fully saturated rings. The summed E-state index contributed by atoms with van der Waals surface area (Å²) in [7, 11) is 0. The lowest BCUT2D eigenvalue weighted by Crippen LogP contribution is -2.18. The van der Waals surface area contributed by atoms with Gasteiger partial charge in [0.25, 0.3) is 5.56 Å². The van der Waals surface area contributed by atoms with Gasteiger partial charge in [0.05, 0.1) is 6.61 Å². The van der Waals surface area contributed by atoms with Crippen molar-refractivity contribution in [3.63, 3.8) is 0 Å². The first-order chi connectivity index (χ1) is 9.54. The maximum absolute atomic E-state index is 12.0. The fourth-order valence-corrected chi connectivity index (χ4v) is 2.56. The fourth-order valence-electron chi connectivity index (χ4n) is 2.56. The Kier molecular flexibility index (Phi) is 2.97. The van der Waals surface area contributed by atoms with Gasteiger partial charge >= 0.3 is 0 Å². The summed E-state index contributed by atoms with van der Waals surface area (Å²) in [6, 6.07) is 3.54. The first-order valence-corrected chi connectivity index (χ1v) is 6.58. The van der Waals surface area contributed by atoms with Crippen molar-refractivity contribution in [2.45, 2.75) is 26.7 Å². The number of nitrogens with one attached hydrogen (secondary N) is 1. The van der Waals surface area contributed by atoms with Crippen molar-refractivity contribution in [2.75, 3.05) is 6.61 Å². The van der Waals surface area contributed by atoms with Gasteiger partial charge in [0.2, 0.25) is 0 Å². The number of rotatable bonds is 2. The molecule has 3 rings (SSSR count). The predicted octanol–water partition coefficient (Wildman–Crippen LogP) is 1.62. The molecule has 0 aliphatic carbocycles. The molecule has 1 aliphatic heterocycles. The molecule has 0 radical (unpaired) electrons. The summed E-state index contributed by atoms with van der Waals surface area (Å²) >= 11 is 0. The molecule has 0 spiro atoms. The number of fused-ring (bicyclic) bond motifs is 1. The van der Waals surface area contributed by atoms with Crippen LogP contribution in [0.1, 0.15) is 28.2 Å². The van der Waals surface area contributed by atoms with E-state index in [1.807, 2.05) is 13.0 Å². The number of benzene rings is 1. The number of aryl methyl sites for hydroxylation is 2. The number of aromatic hydroxyl groups is 1. The Morgan fingerprint density at radius 3 is 2.95 bits per heavy atom. The molecule has 2 heterocycles. The van der Waals surface area contributed by atoms with E-state index in [1.165, 1.54) is 0 Å². The number of phenolic OH excluding ortho intramolecular Hbond substituents is 1. The van der Waals surface area contributed by atoms with E-state index in [-0.39, 0.29) is 11.3 Å². The number of hydrogen-bond donors (Lipinski definition) is 2. The molecule has 1 aromatic heterocycles. The normalized spacial score (nSPS) is 13.1. The third-order valence-corrected chi connectivity index (χ3v) is 3.60. The number of aromatic nitrogens is 2. The van der Waals surface area contributed by atoms with Crippen LogP contribution in [0.5, 0.6) is 11.5 Å². The zero-order valence-electron chi connectivity index (χ0n) is 11.5. The van der Waals surface area contributed by atoms with Crippen molar-refractivity contribution in [2.24, 2.45) is 0 Å². The number of H-pyrrole nitrogens is 1. The van der Waals surface area contributed by atoms with E-state index >= 15 is 0 Å². The van der Waals surface area contributed by atoms with Crippen molar-refractivity contribution in [3.8, 4) is 11.5 Å². The second-order valence-corrected chi connectivity index (χ2v) is 5.08. The van der Waals surface area contributed by atoms with Crippen LogP contribution >= 0.6 is 0 Å². The number of phenols is 1. The van der Waals surface area contributed by atoms with Gasteiger partial charge in [-0.05, 0) is 31.0 Å². The summed E-state index contributed by atoms with van der Waals surface area (Å²) in [6.07, 6.45) is 1.21. The van der Waals surface area contributed by atoms with E-state index in [0.717, 1.165) is 23.3 Å². The van der Waals surface area contributed by atoms with E-state index in [9.17, 15) is 9.90 Å². The van der Waals surface area contributed by atoms with Gasteiger partial charge in [-0.2, -0.15) is 0 Å². The summed E-state index contributed by atoms with van der Waals surface area (Å²) in [5, 5.41) is 10.1. The average Bonchev–Trinajstić information content (AvgIpc) is 2.80. The van der Waals surface area contributed by atoms with Gasteiger partial charge in [-0.3, -0.25) is 4.79 Å². The van der Waals surface area contributed by atoms with E-state index < -0.39 is 0 Å². The zero-order valence-corrected chi connectivity index (χ0v) is 11.5. The highest BCUT2D eigenvalue weighted by Gasteiger charge is 2.17. The summed E-state index contributed by atoms with van der Waals surface area (Å²) < 4.78 is 5.41. The molecule has 5 heteroatoms. The van der Waals surface area contributed by atoms with Crippen LogP contribution in [-0.4, -0.2) is 21.7 Å². The molecular weight excluding hydrogens is 256 g/mol. The predicted molar refractivity (Wildman–Crippen MR) is 74.4 cm³/mol. The van der Waals surface area contributed by atoms with Gasteiger partial charge in [0.15, 0.2) is 0 Å². The van der Waals surface area contributed by atoms with Crippen molar-refractivity contribution in [1.82, 2.24) is 9.97 Å². The highest BCUT2D eigenvalue weighted by molar-refractivity contribution is 5.49. The quantitative estimate of drug-likeness (QED) is 0.871. The molecule has 1 aromatic carbocycles. The molecule has 0 saturated carbocycles. The second-order valence-electron chi connectivity index (χ2n) is 5.08. The van der Waals surface area contributed by atoms with Crippen molar-refractivity contribution < 1.29 is 9.84 Å². The third kappa shape index (κ3) is 2.15. The third-order valence-electron chi connectivity index (χ3n) is 3.60. The fraction of sp³-hybridized carbons (Fsp3) is 0.333. The van der Waals surface area contributed by atoms with Crippen LogP contribution < -0.4 is 10.3 Å². The zero-order chi connectivity index (χ0) is 14.3. The Morgan fingerprint density at radius 1 is 1.40 bits per heavy atom. The smallest absolute Gasteiger partial charge is 0.254 e. The van der Waals surface area contributed by atoms with E-state index in [2.05, 4.69) is 9.97 Å². The SMILES string of the molecule is Cc1nc(C)c(Cc2cc3c(cc2O)OCC3)c(=O)[nH]1. The largest absolute Gasteiger partial charge is 0.508 e. The summed E-state index contributed by atoms with van der Waals surface area (Å²) in [5.74, 6) is 1.49. The average molecular weight is 272 g/mol. The number of ether oxygens (including phenoxy) is 1. The Morgan fingerprint density at radius 2 is 2.20 bits per heavy atom. The maximum atomic E-state index is 12.0. The van der Waals surface area contributed by atoms with Gasteiger partial charge in [0, 0.05) is 30.2 Å². The topological polar surface area (TPSA) is 75.2 Å². The lowest BCUT2D eigenvalue weighted by atomic mass is 10.0. The van der Waals surface area contributed by atoms with Gasteiger partial charge in [-0.1, -0.05) is 0 Å². The first-order valence-electron chi connectivity index (χ1n) is 6.58. The second kappa shape index (κ2) is 4.67. The number of aromatic amines is 1. The minimum absolute atomic E-state index is 0.147. The monoisotopic (exact) mass is 272 g/mol. The molecule has 20 heavy (non-hydrogen) atoms. The molecule has 0 unspecified atom stereocenters. The Labute approximate surface area is 116 Å². The molecule has 0 saturated heterocycles.